The average Bonchev–Trinajstić information content (AvgIpc) is 3.28. The first-order chi connectivity index (χ1) is 13.8. The van der Waals surface area contributed by atoms with Crippen LogP contribution in [0.3, 0.4) is 0 Å². The maximum atomic E-state index is 12.9. The number of aromatic amines is 1. The van der Waals surface area contributed by atoms with E-state index in [0.717, 1.165) is 42.9 Å². The summed E-state index contributed by atoms with van der Waals surface area (Å²) in [5.74, 6) is 2.41. The van der Waals surface area contributed by atoms with Crippen LogP contribution < -0.4 is 0 Å². The monoisotopic (exact) mass is 377 g/mol. The highest BCUT2D eigenvalue weighted by Gasteiger charge is 2.30. The van der Waals surface area contributed by atoms with Crippen molar-refractivity contribution in [2.75, 3.05) is 13.1 Å². The molecule has 1 saturated carbocycles. The molecule has 1 aliphatic carbocycles. The molecule has 0 bridgehead atoms. The molecule has 1 aliphatic heterocycles. The number of aromatic nitrogens is 4. The zero-order valence-electron chi connectivity index (χ0n) is 15.7. The Morgan fingerprint density at radius 2 is 2.07 bits per heavy atom. The highest BCUT2D eigenvalue weighted by molar-refractivity contribution is 5.93. The molecule has 2 aromatic heterocycles. The fraction of sp³-hybridized carbons (Fsp3) is 0.429. The van der Waals surface area contributed by atoms with Gasteiger partial charge in [0.15, 0.2) is 5.82 Å². The third-order valence-electron chi connectivity index (χ3n) is 5.57. The standard InChI is InChI=1S/C21H23N5O2/c27-21(18-12-17(23-24-18)15-6-2-1-3-7-15)26-10-4-5-14(13-26)11-19-22-20(25-28-19)16-8-9-16/h1-3,6-7,12,14,16H,4-5,8-11,13H2,(H,23,24). The first-order valence-electron chi connectivity index (χ1n) is 9.99. The minimum absolute atomic E-state index is 0.00331. The summed E-state index contributed by atoms with van der Waals surface area (Å²) >= 11 is 0. The molecule has 1 atom stereocenters. The largest absolute Gasteiger partial charge is 0.339 e. The Balaban J connectivity index is 1.24. The van der Waals surface area contributed by atoms with E-state index in [4.69, 9.17) is 4.52 Å². The van der Waals surface area contributed by atoms with Gasteiger partial charge in [0.25, 0.3) is 5.91 Å². The Kier molecular flexibility index (Phi) is 4.43. The lowest BCUT2D eigenvalue weighted by atomic mass is 9.94. The van der Waals surface area contributed by atoms with Gasteiger partial charge in [-0.15, -0.1) is 0 Å². The molecule has 2 fully saturated rings. The second-order valence-electron chi connectivity index (χ2n) is 7.82. The van der Waals surface area contributed by atoms with Crippen LogP contribution in [0.2, 0.25) is 0 Å². The second kappa shape index (κ2) is 7.22. The third kappa shape index (κ3) is 3.56. The predicted octanol–water partition coefficient (Wildman–Crippen LogP) is 3.43. The van der Waals surface area contributed by atoms with Crippen molar-refractivity contribution < 1.29 is 9.32 Å². The van der Waals surface area contributed by atoms with Crippen LogP contribution >= 0.6 is 0 Å². The number of piperidine rings is 1. The molecule has 1 N–H and O–H groups in total. The number of carbonyl (C=O) groups is 1. The lowest BCUT2D eigenvalue weighted by molar-refractivity contribution is 0.0662. The highest BCUT2D eigenvalue weighted by atomic mass is 16.5. The zero-order chi connectivity index (χ0) is 18.9. The number of likely N-dealkylation sites (tertiary alicyclic amines) is 1. The molecule has 0 spiro atoms. The summed E-state index contributed by atoms with van der Waals surface area (Å²) in [4.78, 5) is 19.4. The molecule has 3 heterocycles. The first kappa shape index (κ1) is 17.2. The van der Waals surface area contributed by atoms with Crippen LogP contribution in [0, 0.1) is 5.92 Å². The minimum Gasteiger partial charge on any atom is -0.339 e. The number of H-pyrrole nitrogens is 1. The Morgan fingerprint density at radius 1 is 1.21 bits per heavy atom. The molecule has 5 rings (SSSR count). The summed E-state index contributed by atoms with van der Waals surface area (Å²) in [7, 11) is 0. The summed E-state index contributed by atoms with van der Waals surface area (Å²) < 4.78 is 5.42. The van der Waals surface area contributed by atoms with E-state index in [1.807, 2.05) is 41.3 Å². The third-order valence-corrected chi connectivity index (χ3v) is 5.57. The van der Waals surface area contributed by atoms with Crippen molar-refractivity contribution in [3.63, 3.8) is 0 Å². The van der Waals surface area contributed by atoms with Crippen LogP contribution in [-0.2, 0) is 6.42 Å². The van der Waals surface area contributed by atoms with Gasteiger partial charge in [-0.25, -0.2) is 0 Å². The van der Waals surface area contributed by atoms with Gasteiger partial charge in [0, 0.05) is 31.0 Å². The van der Waals surface area contributed by atoms with E-state index < -0.39 is 0 Å². The van der Waals surface area contributed by atoms with Crippen molar-refractivity contribution in [1.29, 1.82) is 0 Å². The molecule has 1 unspecified atom stereocenters. The van der Waals surface area contributed by atoms with Crippen molar-refractivity contribution in [1.82, 2.24) is 25.2 Å². The summed E-state index contributed by atoms with van der Waals surface area (Å²) in [6.45, 7) is 1.48. The number of benzene rings is 1. The van der Waals surface area contributed by atoms with Crippen molar-refractivity contribution in [2.45, 2.75) is 38.0 Å². The van der Waals surface area contributed by atoms with Crippen LogP contribution in [0.25, 0.3) is 11.3 Å². The van der Waals surface area contributed by atoms with Crippen molar-refractivity contribution in [3.05, 3.63) is 53.8 Å². The Morgan fingerprint density at radius 3 is 2.89 bits per heavy atom. The van der Waals surface area contributed by atoms with E-state index in [9.17, 15) is 4.79 Å². The number of amides is 1. The maximum absolute atomic E-state index is 12.9. The van der Waals surface area contributed by atoms with Crippen molar-refractivity contribution >= 4 is 5.91 Å². The number of nitrogens with zero attached hydrogens (tertiary/aromatic N) is 4. The summed E-state index contributed by atoms with van der Waals surface area (Å²) in [6, 6.07) is 11.7. The van der Waals surface area contributed by atoms with Gasteiger partial charge in [-0.1, -0.05) is 35.5 Å². The van der Waals surface area contributed by atoms with Crippen LogP contribution in [0.15, 0.2) is 40.9 Å². The van der Waals surface area contributed by atoms with Crippen LogP contribution in [0.1, 0.15) is 53.8 Å². The Bertz CT molecular complexity index is 960. The predicted molar refractivity (Wildman–Crippen MR) is 103 cm³/mol. The normalized spacial score (nSPS) is 19.7. The molecule has 0 radical (unpaired) electrons. The molecule has 1 aromatic carbocycles. The molecule has 7 nitrogen and oxygen atoms in total. The minimum atomic E-state index is 0.00331. The summed E-state index contributed by atoms with van der Waals surface area (Å²) in [6.07, 6.45) is 5.13. The fourth-order valence-corrected chi connectivity index (χ4v) is 3.88. The van der Waals surface area contributed by atoms with Crippen LogP contribution in [0.5, 0.6) is 0 Å². The lowest BCUT2D eigenvalue weighted by Crippen LogP contribution is -2.40. The molecular weight excluding hydrogens is 354 g/mol. The van der Waals surface area contributed by atoms with E-state index >= 15 is 0 Å². The van der Waals surface area contributed by atoms with Crippen molar-refractivity contribution in [3.8, 4) is 11.3 Å². The summed E-state index contributed by atoms with van der Waals surface area (Å²) in [5, 5.41) is 11.3. The Hall–Kier alpha value is -2.96. The fourth-order valence-electron chi connectivity index (χ4n) is 3.88. The number of rotatable bonds is 5. The number of carbonyl (C=O) groups excluding carboxylic acids is 1. The molecule has 28 heavy (non-hydrogen) atoms. The van der Waals surface area contributed by atoms with Gasteiger partial charge in [0.2, 0.25) is 5.89 Å². The van der Waals surface area contributed by atoms with E-state index in [1.54, 1.807) is 0 Å². The summed E-state index contributed by atoms with van der Waals surface area (Å²) in [5.41, 5.74) is 2.32. The molecule has 144 valence electrons. The first-order valence-corrected chi connectivity index (χ1v) is 9.99. The van der Waals surface area contributed by atoms with Gasteiger partial charge < -0.3 is 9.42 Å². The molecule has 3 aromatic rings. The smallest absolute Gasteiger partial charge is 0.271 e. The highest BCUT2D eigenvalue weighted by Crippen LogP contribution is 2.38. The molecule has 7 heteroatoms. The molecule has 1 saturated heterocycles. The van der Waals surface area contributed by atoms with Gasteiger partial charge in [-0.3, -0.25) is 9.89 Å². The van der Waals surface area contributed by atoms with E-state index in [2.05, 4.69) is 20.3 Å². The maximum Gasteiger partial charge on any atom is 0.271 e. The van der Waals surface area contributed by atoms with E-state index in [1.165, 1.54) is 12.8 Å². The van der Waals surface area contributed by atoms with Crippen LogP contribution in [-0.4, -0.2) is 44.2 Å². The molecule has 2 aliphatic rings. The average molecular weight is 377 g/mol. The topological polar surface area (TPSA) is 87.9 Å². The number of hydrogen-bond donors (Lipinski definition) is 1. The number of hydrogen-bond acceptors (Lipinski definition) is 5. The SMILES string of the molecule is O=C(c1cc(-c2ccccc2)n[nH]1)N1CCCC(Cc2nc(C3CC3)no2)C1. The van der Waals surface area contributed by atoms with Gasteiger partial charge in [0.05, 0.1) is 5.69 Å². The van der Waals surface area contributed by atoms with Crippen molar-refractivity contribution in [2.24, 2.45) is 5.92 Å². The van der Waals surface area contributed by atoms with Gasteiger partial charge >= 0.3 is 0 Å². The van der Waals surface area contributed by atoms with Crippen LogP contribution in [0.4, 0.5) is 0 Å². The van der Waals surface area contributed by atoms with E-state index in [0.29, 0.717) is 30.0 Å². The quantitative estimate of drug-likeness (QED) is 0.736. The van der Waals surface area contributed by atoms with E-state index in [-0.39, 0.29) is 5.91 Å². The van der Waals surface area contributed by atoms with Gasteiger partial charge in [0.1, 0.15) is 5.69 Å². The zero-order valence-corrected chi connectivity index (χ0v) is 15.7. The lowest BCUT2D eigenvalue weighted by Gasteiger charge is -2.31. The van der Waals surface area contributed by atoms with Gasteiger partial charge in [-0.05, 0) is 37.7 Å². The molecule has 1 amide bonds. The Labute approximate surface area is 163 Å². The number of nitrogens with one attached hydrogen (secondary N) is 1. The second-order valence-corrected chi connectivity index (χ2v) is 7.82. The molecular formula is C21H23N5O2. The van der Waals surface area contributed by atoms with Gasteiger partial charge in [-0.2, -0.15) is 10.1 Å².